The summed E-state index contributed by atoms with van der Waals surface area (Å²) in [6.45, 7) is 4.38. The number of aromatic nitrogens is 1. The van der Waals surface area contributed by atoms with Gasteiger partial charge in [-0.1, -0.05) is 26.2 Å². The molecule has 1 saturated carbocycles. The number of thiazole rings is 1. The van der Waals surface area contributed by atoms with E-state index in [4.69, 9.17) is 0 Å². The summed E-state index contributed by atoms with van der Waals surface area (Å²) in [7, 11) is 0. The minimum atomic E-state index is 0.474. The zero-order chi connectivity index (χ0) is 11.4. The van der Waals surface area contributed by atoms with Gasteiger partial charge in [0.15, 0.2) is 0 Å². The topological polar surface area (TPSA) is 24.9 Å². The van der Waals surface area contributed by atoms with Gasteiger partial charge >= 0.3 is 0 Å². The first-order valence-electron chi connectivity index (χ1n) is 6.48. The molecule has 0 saturated heterocycles. The van der Waals surface area contributed by atoms with Crippen molar-refractivity contribution in [2.24, 2.45) is 0 Å². The lowest BCUT2D eigenvalue weighted by Gasteiger charge is -2.27. The second-order valence-corrected chi connectivity index (χ2v) is 6.04. The van der Waals surface area contributed by atoms with Gasteiger partial charge in [-0.15, -0.1) is 11.3 Å². The van der Waals surface area contributed by atoms with E-state index >= 15 is 0 Å². The second-order valence-electron chi connectivity index (χ2n) is 4.77. The van der Waals surface area contributed by atoms with Crippen molar-refractivity contribution in [1.29, 1.82) is 0 Å². The highest BCUT2D eigenvalue weighted by Gasteiger charge is 2.19. The minimum absolute atomic E-state index is 0.474. The van der Waals surface area contributed by atoms with Crippen LogP contribution in [0, 0.1) is 6.92 Å². The van der Waals surface area contributed by atoms with Gasteiger partial charge in [0, 0.05) is 17.1 Å². The fourth-order valence-corrected chi connectivity index (χ4v) is 3.37. The molecular weight excluding hydrogens is 216 g/mol. The zero-order valence-electron chi connectivity index (χ0n) is 10.3. The van der Waals surface area contributed by atoms with Gasteiger partial charge in [-0.2, -0.15) is 0 Å². The van der Waals surface area contributed by atoms with Gasteiger partial charge in [0.2, 0.25) is 0 Å². The van der Waals surface area contributed by atoms with E-state index < -0.39 is 0 Å². The van der Waals surface area contributed by atoms with Gasteiger partial charge in [-0.25, -0.2) is 4.98 Å². The van der Waals surface area contributed by atoms with Crippen molar-refractivity contribution in [1.82, 2.24) is 10.3 Å². The zero-order valence-corrected chi connectivity index (χ0v) is 11.1. The van der Waals surface area contributed by atoms with Gasteiger partial charge in [0.25, 0.3) is 0 Å². The van der Waals surface area contributed by atoms with E-state index in [0.29, 0.717) is 6.04 Å². The van der Waals surface area contributed by atoms with Crippen molar-refractivity contribution >= 4 is 11.3 Å². The molecule has 1 aromatic heterocycles. The van der Waals surface area contributed by atoms with Crippen molar-refractivity contribution < 1.29 is 0 Å². The summed E-state index contributed by atoms with van der Waals surface area (Å²) in [6, 6.07) is 1.20. The van der Waals surface area contributed by atoms with Crippen molar-refractivity contribution in [2.45, 2.75) is 64.5 Å². The van der Waals surface area contributed by atoms with Crippen molar-refractivity contribution in [2.75, 3.05) is 0 Å². The molecule has 1 heterocycles. The molecule has 1 unspecified atom stereocenters. The molecule has 1 N–H and O–H groups in total. The summed E-state index contributed by atoms with van der Waals surface area (Å²) in [5.41, 5.74) is 0. The highest BCUT2D eigenvalue weighted by molar-refractivity contribution is 7.11. The molecular formula is C13H22N2S. The molecule has 1 aliphatic rings. The van der Waals surface area contributed by atoms with Gasteiger partial charge in [-0.05, 0) is 26.2 Å². The molecule has 90 valence electrons. The van der Waals surface area contributed by atoms with E-state index in [1.165, 1.54) is 42.0 Å². The van der Waals surface area contributed by atoms with Crippen molar-refractivity contribution in [3.63, 3.8) is 0 Å². The van der Waals surface area contributed by atoms with E-state index in [-0.39, 0.29) is 0 Å². The number of hydrogen-bond donors (Lipinski definition) is 1. The fourth-order valence-electron chi connectivity index (χ4n) is 2.45. The Balaban J connectivity index is 1.94. The fraction of sp³-hybridized carbons (Fsp3) is 0.769. The average Bonchev–Trinajstić information content (AvgIpc) is 2.74. The Morgan fingerprint density at radius 1 is 1.44 bits per heavy atom. The van der Waals surface area contributed by atoms with E-state index in [0.717, 1.165) is 12.5 Å². The summed E-state index contributed by atoms with van der Waals surface area (Å²) in [5, 5.41) is 5.05. The van der Waals surface area contributed by atoms with Crippen LogP contribution in [0.25, 0.3) is 0 Å². The van der Waals surface area contributed by atoms with E-state index in [1.54, 1.807) is 0 Å². The molecule has 0 amide bonds. The van der Waals surface area contributed by atoms with Crippen LogP contribution >= 0.6 is 11.3 Å². The Morgan fingerprint density at radius 2 is 2.19 bits per heavy atom. The Labute approximate surface area is 102 Å². The Bertz CT molecular complexity index is 315. The first kappa shape index (κ1) is 12.1. The second kappa shape index (κ2) is 5.78. The summed E-state index contributed by atoms with van der Waals surface area (Å²) < 4.78 is 0. The lowest BCUT2D eigenvalue weighted by Crippen LogP contribution is -2.34. The first-order valence-corrected chi connectivity index (χ1v) is 7.29. The molecule has 1 aliphatic carbocycles. The van der Waals surface area contributed by atoms with Crippen LogP contribution in [0.15, 0.2) is 6.20 Å². The molecule has 16 heavy (non-hydrogen) atoms. The standard InChI is InChI=1S/C13H22N2S/c1-3-12(13-14-9-10(2)16-13)15-11-7-5-4-6-8-11/h9,11-12,15H,3-8H2,1-2H3. The smallest absolute Gasteiger partial charge is 0.110 e. The monoisotopic (exact) mass is 238 g/mol. The van der Waals surface area contributed by atoms with Crippen LogP contribution in [-0.2, 0) is 0 Å². The first-order chi connectivity index (χ1) is 7.79. The van der Waals surface area contributed by atoms with Crippen LogP contribution in [0.5, 0.6) is 0 Å². The third-order valence-corrected chi connectivity index (χ3v) is 4.41. The number of nitrogens with zero attached hydrogens (tertiary/aromatic N) is 1. The third-order valence-electron chi connectivity index (χ3n) is 3.39. The van der Waals surface area contributed by atoms with Gasteiger partial charge < -0.3 is 5.32 Å². The molecule has 0 aromatic carbocycles. The number of aryl methyl sites for hydroxylation is 1. The lowest BCUT2D eigenvalue weighted by molar-refractivity contribution is 0.334. The van der Waals surface area contributed by atoms with Crippen LogP contribution in [0.3, 0.4) is 0 Å². The summed E-state index contributed by atoms with van der Waals surface area (Å²) in [6.07, 6.45) is 10.0. The van der Waals surface area contributed by atoms with Crippen molar-refractivity contribution in [3.05, 3.63) is 16.1 Å². The van der Waals surface area contributed by atoms with Gasteiger partial charge in [0.05, 0.1) is 6.04 Å². The van der Waals surface area contributed by atoms with Crippen LogP contribution in [-0.4, -0.2) is 11.0 Å². The van der Waals surface area contributed by atoms with Gasteiger partial charge in [-0.3, -0.25) is 0 Å². The Kier molecular flexibility index (Phi) is 4.36. The molecule has 0 bridgehead atoms. The maximum atomic E-state index is 4.51. The predicted octanol–water partition coefficient (Wildman–Crippen LogP) is 3.82. The molecule has 1 fully saturated rings. The maximum absolute atomic E-state index is 4.51. The largest absolute Gasteiger partial charge is 0.305 e. The summed E-state index contributed by atoms with van der Waals surface area (Å²) in [4.78, 5) is 5.83. The highest BCUT2D eigenvalue weighted by Crippen LogP contribution is 2.25. The molecule has 1 atom stereocenters. The van der Waals surface area contributed by atoms with E-state index in [1.807, 2.05) is 17.5 Å². The van der Waals surface area contributed by atoms with Crippen LogP contribution in [0.4, 0.5) is 0 Å². The predicted molar refractivity (Wildman–Crippen MR) is 69.9 cm³/mol. The summed E-state index contributed by atoms with van der Waals surface area (Å²) >= 11 is 1.84. The lowest BCUT2D eigenvalue weighted by atomic mass is 9.95. The molecule has 2 rings (SSSR count). The normalized spacial score (nSPS) is 19.9. The van der Waals surface area contributed by atoms with Crippen LogP contribution in [0.2, 0.25) is 0 Å². The molecule has 0 spiro atoms. The van der Waals surface area contributed by atoms with Crippen molar-refractivity contribution in [3.8, 4) is 0 Å². The molecule has 0 aliphatic heterocycles. The molecule has 3 heteroatoms. The van der Waals surface area contributed by atoms with Crippen LogP contribution in [0.1, 0.15) is 61.4 Å². The maximum Gasteiger partial charge on any atom is 0.110 e. The molecule has 0 radical (unpaired) electrons. The molecule has 2 nitrogen and oxygen atoms in total. The SMILES string of the molecule is CCC(NC1CCCCC1)c1ncc(C)s1. The van der Waals surface area contributed by atoms with E-state index in [2.05, 4.69) is 24.1 Å². The third kappa shape index (κ3) is 3.05. The quantitative estimate of drug-likeness (QED) is 0.862. The molecule has 1 aromatic rings. The minimum Gasteiger partial charge on any atom is -0.305 e. The van der Waals surface area contributed by atoms with E-state index in [9.17, 15) is 0 Å². The Morgan fingerprint density at radius 3 is 2.75 bits per heavy atom. The van der Waals surface area contributed by atoms with Gasteiger partial charge in [0.1, 0.15) is 5.01 Å². The summed E-state index contributed by atoms with van der Waals surface area (Å²) in [5.74, 6) is 0. The average molecular weight is 238 g/mol. The van der Waals surface area contributed by atoms with Crippen LogP contribution < -0.4 is 5.32 Å². The number of nitrogens with one attached hydrogen (secondary N) is 1. The Hall–Kier alpha value is -0.410. The number of hydrogen-bond acceptors (Lipinski definition) is 3. The number of rotatable bonds is 4. The highest BCUT2D eigenvalue weighted by atomic mass is 32.1.